The molecule has 0 radical (unpaired) electrons. The molecule has 0 aromatic heterocycles. The highest BCUT2D eigenvalue weighted by Crippen LogP contribution is 2.30. The highest BCUT2D eigenvalue weighted by atomic mass is 16.6. The van der Waals surface area contributed by atoms with Crippen LogP contribution in [0.1, 0.15) is 17.0 Å². The molecule has 3 aromatic rings. The Balaban J connectivity index is 1.44. The number of benzene rings is 3. The van der Waals surface area contributed by atoms with Crippen molar-refractivity contribution >= 4 is 11.8 Å². The first kappa shape index (κ1) is 18.6. The van der Waals surface area contributed by atoms with E-state index in [-0.39, 0.29) is 12.5 Å². The van der Waals surface area contributed by atoms with Crippen molar-refractivity contribution in [3.63, 3.8) is 0 Å². The Hall–Kier alpha value is -3.80. The van der Waals surface area contributed by atoms with Crippen molar-refractivity contribution in [2.24, 2.45) is 0 Å². The van der Waals surface area contributed by atoms with Crippen molar-refractivity contribution in [1.29, 1.82) is 0 Å². The van der Waals surface area contributed by atoms with Crippen molar-refractivity contribution in [3.05, 3.63) is 96.1 Å². The van der Waals surface area contributed by atoms with Gasteiger partial charge in [-0.1, -0.05) is 72.8 Å². The van der Waals surface area contributed by atoms with Gasteiger partial charge >= 0.3 is 0 Å². The number of hydrogen-bond donors (Lipinski definition) is 2. The number of nitrogens with one attached hydrogen (secondary N) is 2. The van der Waals surface area contributed by atoms with Crippen LogP contribution in [0.25, 0.3) is 0 Å². The first-order valence-electron chi connectivity index (χ1n) is 9.30. The third-order valence-electron chi connectivity index (χ3n) is 4.64. The molecule has 4 rings (SSSR count). The highest BCUT2D eigenvalue weighted by Gasteiger charge is 2.29. The van der Waals surface area contributed by atoms with Gasteiger partial charge in [-0.2, -0.15) is 0 Å². The molecule has 29 heavy (non-hydrogen) atoms. The van der Waals surface area contributed by atoms with Crippen LogP contribution in [0.2, 0.25) is 0 Å². The minimum absolute atomic E-state index is 0.0690. The number of carbonyl (C=O) groups excluding carboxylic acids is 2. The van der Waals surface area contributed by atoms with E-state index in [0.29, 0.717) is 11.5 Å². The lowest BCUT2D eigenvalue weighted by atomic mass is 9.91. The lowest BCUT2D eigenvalue weighted by Gasteiger charge is -2.26. The van der Waals surface area contributed by atoms with Gasteiger partial charge in [0.25, 0.3) is 5.91 Å². The minimum Gasteiger partial charge on any atom is -0.485 e. The van der Waals surface area contributed by atoms with Crippen molar-refractivity contribution in [1.82, 2.24) is 10.9 Å². The van der Waals surface area contributed by atoms with Crippen molar-refractivity contribution in [2.45, 2.75) is 12.0 Å². The molecule has 1 aliphatic heterocycles. The van der Waals surface area contributed by atoms with Gasteiger partial charge in [0.05, 0.1) is 5.92 Å². The summed E-state index contributed by atoms with van der Waals surface area (Å²) in [5, 5.41) is 0. The molecule has 1 heterocycles. The maximum atomic E-state index is 12.9. The average molecular weight is 388 g/mol. The van der Waals surface area contributed by atoms with Crippen LogP contribution in [0.4, 0.5) is 0 Å². The third kappa shape index (κ3) is 4.21. The second kappa shape index (κ2) is 8.48. The molecule has 2 amide bonds. The number of hydrogen-bond acceptors (Lipinski definition) is 4. The number of para-hydroxylation sites is 2. The van der Waals surface area contributed by atoms with Gasteiger partial charge < -0.3 is 9.47 Å². The standard InChI is InChI=1S/C23H20N2O4/c26-22(20-15-28-18-13-7-8-14-19(18)29-20)24-25-23(27)21(16-9-3-1-4-10-16)17-11-5-2-6-12-17/h1-14,20-21H,15H2,(H,24,26)(H,25,27). The lowest BCUT2D eigenvalue weighted by molar-refractivity contribution is -0.135. The van der Waals surface area contributed by atoms with E-state index in [2.05, 4.69) is 10.9 Å². The summed E-state index contributed by atoms with van der Waals surface area (Å²) in [6, 6.07) is 26.0. The van der Waals surface area contributed by atoms with Crippen LogP contribution < -0.4 is 20.3 Å². The molecule has 0 aliphatic carbocycles. The zero-order valence-corrected chi connectivity index (χ0v) is 15.6. The first-order chi connectivity index (χ1) is 14.2. The number of carbonyl (C=O) groups is 2. The van der Waals surface area contributed by atoms with Crippen LogP contribution in [0.3, 0.4) is 0 Å². The van der Waals surface area contributed by atoms with Gasteiger partial charge in [-0.15, -0.1) is 0 Å². The van der Waals surface area contributed by atoms with E-state index in [4.69, 9.17) is 9.47 Å². The van der Waals surface area contributed by atoms with E-state index < -0.39 is 17.9 Å². The monoisotopic (exact) mass is 388 g/mol. The maximum absolute atomic E-state index is 12.9. The van der Waals surface area contributed by atoms with Crippen LogP contribution in [-0.2, 0) is 9.59 Å². The molecule has 0 spiro atoms. The van der Waals surface area contributed by atoms with Crippen molar-refractivity contribution < 1.29 is 19.1 Å². The Kier molecular flexibility index (Phi) is 5.42. The van der Waals surface area contributed by atoms with Crippen LogP contribution >= 0.6 is 0 Å². The molecule has 6 heteroatoms. The van der Waals surface area contributed by atoms with E-state index in [1.54, 1.807) is 18.2 Å². The predicted octanol–water partition coefficient (Wildman–Crippen LogP) is 2.81. The molecular weight excluding hydrogens is 368 g/mol. The van der Waals surface area contributed by atoms with E-state index in [9.17, 15) is 9.59 Å². The summed E-state index contributed by atoms with van der Waals surface area (Å²) < 4.78 is 11.2. The fraction of sp³-hybridized carbons (Fsp3) is 0.130. The molecule has 146 valence electrons. The van der Waals surface area contributed by atoms with E-state index in [1.807, 2.05) is 66.7 Å². The Morgan fingerprint density at radius 3 is 1.93 bits per heavy atom. The molecular formula is C23H20N2O4. The summed E-state index contributed by atoms with van der Waals surface area (Å²) in [4.78, 5) is 25.4. The number of fused-ring (bicyclic) bond motifs is 1. The third-order valence-corrected chi connectivity index (χ3v) is 4.64. The van der Waals surface area contributed by atoms with Gasteiger partial charge in [0, 0.05) is 0 Å². The van der Waals surface area contributed by atoms with Crippen LogP contribution in [-0.4, -0.2) is 24.5 Å². The zero-order valence-electron chi connectivity index (χ0n) is 15.6. The van der Waals surface area contributed by atoms with Crippen molar-refractivity contribution in [2.75, 3.05) is 6.61 Å². The van der Waals surface area contributed by atoms with Gasteiger partial charge in [0.2, 0.25) is 12.0 Å². The minimum atomic E-state index is -0.850. The molecule has 1 atom stereocenters. The van der Waals surface area contributed by atoms with E-state index in [1.165, 1.54) is 0 Å². The summed E-state index contributed by atoms with van der Waals surface area (Å²) in [6.45, 7) is 0.0690. The number of rotatable bonds is 4. The van der Waals surface area contributed by atoms with Crippen LogP contribution in [0, 0.1) is 0 Å². The van der Waals surface area contributed by atoms with E-state index in [0.717, 1.165) is 11.1 Å². The van der Waals surface area contributed by atoms with Gasteiger partial charge in [-0.3, -0.25) is 20.4 Å². The van der Waals surface area contributed by atoms with Gasteiger partial charge in [-0.25, -0.2) is 0 Å². The molecule has 0 saturated heterocycles. The summed E-state index contributed by atoms with van der Waals surface area (Å²) >= 11 is 0. The molecule has 2 N–H and O–H groups in total. The summed E-state index contributed by atoms with van der Waals surface area (Å²) in [5.74, 6) is -0.284. The molecule has 1 aliphatic rings. The SMILES string of the molecule is O=C(NNC(=O)C(c1ccccc1)c1ccccc1)C1COc2ccccc2O1. The smallest absolute Gasteiger partial charge is 0.283 e. The number of ether oxygens (including phenoxy) is 2. The Labute approximate surface area is 168 Å². The Morgan fingerprint density at radius 2 is 1.31 bits per heavy atom. The molecule has 1 unspecified atom stereocenters. The first-order valence-corrected chi connectivity index (χ1v) is 9.30. The number of hydrazine groups is 1. The normalized spacial score (nSPS) is 14.9. The molecule has 0 saturated carbocycles. The largest absolute Gasteiger partial charge is 0.485 e. The Morgan fingerprint density at radius 1 is 0.759 bits per heavy atom. The van der Waals surface area contributed by atoms with E-state index >= 15 is 0 Å². The lowest BCUT2D eigenvalue weighted by Crippen LogP contribution is -2.51. The molecule has 0 bridgehead atoms. The number of amides is 2. The van der Waals surface area contributed by atoms with Crippen LogP contribution in [0.15, 0.2) is 84.9 Å². The second-order valence-corrected chi connectivity index (χ2v) is 6.60. The highest BCUT2D eigenvalue weighted by molar-refractivity contribution is 5.90. The summed E-state index contributed by atoms with van der Waals surface area (Å²) in [6.07, 6.45) is -0.850. The quantitative estimate of drug-likeness (QED) is 0.674. The van der Waals surface area contributed by atoms with Crippen molar-refractivity contribution in [3.8, 4) is 11.5 Å². The summed E-state index contributed by atoms with van der Waals surface area (Å²) in [7, 11) is 0. The zero-order chi connectivity index (χ0) is 20.1. The second-order valence-electron chi connectivity index (χ2n) is 6.60. The topological polar surface area (TPSA) is 76.7 Å². The van der Waals surface area contributed by atoms with Crippen LogP contribution in [0.5, 0.6) is 11.5 Å². The maximum Gasteiger partial charge on any atom is 0.283 e. The van der Waals surface area contributed by atoms with Gasteiger partial charge in [-0.05, 0) is 23.3 Å². The summed E-state index contributed by atoms with van der Waals surface area (Å²) in [5.41, 5.74) is 6.65. The molecule has 0 fully saturated rings. The Bertz CT molecular complexity index is 953. The fourth-order valence-electron chi connectivity index (χ4n) is 3.21. The predicted molar refractivity (Wildman–Crippen MR) is 107 cm³/mol. The van der Waals surface area contributed by atoms with Gasteiger partial charge in [0.1, 0.15) is 6.61 Å². The fourth-order valence-corrected chi connectivity index (χ4v) is 3.21. The molecule has 3 aromatic carbocycles. The molecule has 6 nitrogen and oxygen atoms in total. The average Bonchev–Trinajstić information content (AvgIpc) is 2.79. The van der Waals surface area contributed by atoms with Gasteiger partial charge in [0.15, 0.2) is 11.5 Å².